The molecule has 3 rings (SSSR count). The lowest BCUT2D eigenvalue weighted by Crippen LogP contribution is -2.05. The van der Waals surface area contributed by atoms with Crippen molar-refractivity contribution in [2.75, 3.05) is 0 Å². The van der Waals surface area contributed by atoms with E-state index in [9.17, 15) is 0 Å². The molecular formula is C15H15N. The molecule has 2 aromatic rings. The Balaban J connectivity index is 2.08. The molecule has 0 amide bonds. The molecule has 0 saturated carbocycles. The van der Waals surface area contributed by atoms with Gasteiger partial charge in [0.1, 0.15) is 0 Å². The number of aryl methyl sites for hydroxylation is 1. The maximum absolute atomic E-state index is 6.09. The first-order valence-electron chi connectivity index (χ1n) is 5.78. The van der Waals surface area contributed by atoms with Crippen molar-refractivity contribution in [1.29, 1.82) is 0 Å². The van der Waals surface area contributed by atoms with Gasteiger partial charge in [0.2, 0.25) is 0 Å². The molecule has 2 N–H and O–H groups in total. The predicted molar refractivity (Wildman–Crippen MR) is 67.1 cm³/mol. The summed E-state index contributed by atoms with van der Waals surface area (Å²) < 4.78 is 0. The van der Waals surface area contributed by atoms with Crippen LogP contribution in [-0.2, 0) is 6.42 Å². The zero-order valence-electron chi connectivity index (χ0n) is 9.19. The molecule has 0 spiro atoms. The number of fused-ring (bicyclic) bond motifs is 1. The van der Waals surface area contributed by atoms with Crippen molar-refractivity contribution in [1.82, 2.24) is 0 Å². The van der Waals surface area contributed by atoms with Gasteiger partial charge in [0.05, 0.1) is 0 Å². The highest BCUT2D eigenvalue weighted by molar-refractivity contribution is 5.65. The molecule has 2 aromatic carbocycles. The van der Waals surface area contributed by atoms with Crippen LogP contribution in [0.3, 0.4) is 0 Å². The van der Waals surface area contributed by atoms with Gasteiger partial charge in [-0.2, -0.15) is 0 Å². The Morgan fingerprint density at radius 3 is 2.56 bits per heavy atom. The minimum Gasteiger partial charge on any atom is -0.324 e. The Kier molecular flexibility index (Phi) is 2.26. The van der Waals surface area contributed by atoms with Crippen molar-refractivity contribution in [3.63, 3.8) is 0 Å². The molecule has 0 heterocycles. The number of nitrogens with two attached hydrogens (primary N) is 1. The minimum absolute atomic E-state index is 0.235. The fourth-order valence-electron chi connectivity index (χ4n) is 2.44. The third-order valence-corrected chi connectivity index (χ3v) is 3.38. The lowest BCUT2D eigenvalue weighted by molar-refractivity contribution is 0.713. The van der Waals surface area contributed by atoms with E-state index in [1.807, 2.05) is 6.07 Å². The summed E-state index contributed by atoms with van der Waals surface area (Å²) in [5.74, 6) is 0. The summed E-state index contributed by atoms with van der Waals surface area (Å²) in [6, 6.07) is 17.4. The fraction of sp³-hybridized carbons (Fsp3) is 0.200. The van der Waals surface area contributed by atoms with Crippen LogP contribution < -0.4 is 5.73 Å². The van der Waals surface area contributed by atoms with Crippen LogP contribution in [0.4, 0.5) is 0 Å². The van der Waals surface area contributed by atoms with Gasteiger partial charge in [0.15, 0.2) is 0 Å². The largest absolute Gasteiger partial charge is 0.324 e. The summed E-state index contributed by atoms with van der Waals surface area (Å²) >= 11 is 0. The monoisotopic (exact) mass is 209 g/mol. The predicted octanol–water partition coefficient (Wildman–Crippen LogP) is 3.30. The van der Waals surface area contributed by atoms with Crippen LogP contribution in [0.5, 0.6) is 0 Å². The second-order valence-electron chi connectivity index (χ2n) is 4.42. The van der Waals surface area contributed by atoms with E-state index >= 15 is 0 Å². The second kappa shape index (κ2) is 3.76. The maximum Gasteiger partial charge on any atom is 0.0300 e. The Morgan fingerprint density at radius 1 is 0.938 bits per heavy atom. The van der Waals surface area contributed by atoms with E-state index < -0.39 is 0 Å². The SMILES string of the molecule is NC1CCc2ccc(-c3ccccc3)cc21. The Labute approximate surface area is 95.9 Å². The van der Waals surface area contributed by atoms with Gasteiger partial charge in [-0.25, -0.2) is 0 Å². The molecule has 0 aromatic heterocycles. The summed E-state index contributed by atoms with van der Waals surface area (Å²) in [5, 5.41) is 0. The van der Waals surface area contributed by atoms with E-state index in [1.165, 1.54) is 22.3 Å². The summed E-state index contributed by atoms with van der Waals surface area (Å²) in [6.45, 7) is 0. The standard InChI is InChI=1S/C15H15N/c16-15-9-8-12-6-7-13(10-14(12)15)11-4-2-1-3-5-11/h1-7,10,15H,8-9,16H2. The zero-order chi connectivity index (χ0) is 11.0. The van der Waals surface area contributed by atoms with Crippen molar-refractivity contribution >= 4 is 0 Å². The van der Waals surface area contributed by atoms with Gasteiger partial charge in [-0.3, -0.25) is 0 Å². The number of hydrogen-bond acceptors (Lipinski definition) is 1. The second-order valence-corrected chi connectivity index (χ2v) is 4.42. The smallest absolute Gasteiger partial charge is 0.0300 e. The van der Waals surface area contributed by atoms with Crippen LogP contribution >= 0.6 is 0 Å². The van der Waals surface area contributed by atoms with E-state index in [4.69, 9.17) is 5.73 Å². The molecule has 80 valence electrons. The highest BCUT2D eigenvalue weighted by Crippen LogP contribution is 2.32. The topological polar surface area (TPSA) is 26.0 Å². The van der Waals surface area contributed by atoms with Crippen LogP contribution in [0, 0.1) is 0 Å². The first-order chi connectivity index (χ1) is 7.84. The van der Waals surface area contributed by atoms with Gasteiger partial charge in [-0.05, 0) is 41.2 Å². The number of hydrogen-bond donors (Lipinski definition) is 1. The Hall–Kier alpha value is -1.60. The lowest BCUT2D eigenvalue weighted by Gasteiger charge is -2.08. The molecule has 16 heavy (non-hydrogen) atoms. The van der Waals surface area contributed by atoms with Gasteiger partial charge in [-0.15, -0.1) is 0 Å². The van der Waals surface area contributed by atoms with Crippen LogP contribution in [0.15, 0.2) is 48.5 Å². The van der Waals surface area contributed by atoms with Crippen LogP contribution in [0.1, 0.15) is 23.6 Å². The summed E-state index contributed by atoms with van der Waals surface area (Å²) in [6.07, 6.45) is 2.22. The van der Waals surface area contributed by atoms with E-state index in [2.05, 4.69) is 42.5 Å². The zero-order valence-corrected chi connectivity index (χ0v) is 9.19. The van der Waals surface area contributed by atoms with Crippen molar-refractivity contribution in [2.24, 2.45) is 5.73 Å². The molecule has 1 aliphatic rings. The van der Waals surface area contributed by atoms with Crippen LogP contribution in [0.2, 0.25) is 0 Å². The molecule has 0 fully saturated rings. The van der Waals surface area contributed by atoms with Gasteiger partial charge in [0.25, 0.3) is 0 Å². The molecule has 0 saturated heterocycles. The summed E-state index contributed by atoms with van der Waals surface area (Å²) in [7, 11) is 0. The molecule has 1 nitrogen and oxygen atoms in total. The molecule has 1 atom stereocenters. The molecule has 0 bridgehead atoms. The first kappa shape index (κ1) is 9.61. The van der Waals surface area contributed by atoms with E-state index in [-0.39, 0.29) is 6.04 Å². The van der Waals surface area contributed by atoms with E-state index in [1.54, 1.807) is 0 Å². The number of rotatable bonds is 1. The minimum atomic E-state index is 0.235. The van der Waals surface area contributed by atoms with Crippen molar-refractivity contribution in [2.45, 2.75) is 18.9 Å². The highest BCUT2D eigenvalue weighted by Gasteiger charge is 2.18. The molecule has 1 aliphatic carbocycles. The van der Waals surface area contributed by atoms with E-state index in [0.29, 0.717) is 0 Å². The quantitative estimate of drug-likeness (QED) is 0.766. The fourth-order valence-corrected chi connectivity index (χ4v) is 2.44. The lowest BCUT2D eigenvalue weighted by atomic mass is 10.00. The van der Waals surface area contributed by atoms with Gasteiger partial charge in [0, 0.05) is 6.04 Å². The van der Waals surface area contributed by atoms with Crippen molar-refractivity contribution in [3.8, 4) is 11.1 Å². The Morgan fingerprint density at radius 2 is 1.75 bits per heavy atom. The molecule has 0 aliphatic heterocycles. The maximum atomic E-state index is 6.09. The van der Waals surface area contributed by atoms with Crippen LogP contribution in [-0.4, -0.2) is 0 Å². The average molecular weight is 209 g/mol. The van der Waals surface area contributed by atoms with Crippen molar-refractivity contribution in [3.05, 3.63) is 59.7 Å². The molecule has 1 heteroatoms. The van der Waals surface area contributed by atoms with Crippen molar-refractivity contribution < 1.29 is 0 Å². The highest BCUT2D eigenvalue weighted by atomic mass is 14.6. The molecular weight excluding hydrogens is 194 g/mol. The summed E-state index contributed by atoms with van der Waals surface area (Å²) in [4.78, 5) is 0. The first-order valence-corrected chi connectivity index (χ1v) is 5.78. The van der Waals surface area contributed by atoms with Crippen LogP contribution in [0.25, 0.3) is 11.1 Å². The summed E-state index contributed by atoms with van der Waals surface area (Å²) in [5.41, 5.74) is 11.4. The van der Waals surface area contributed by atoms with Gasteiger partial charge < -0.3 is 5.73 Å². The normalized spacial score (nSPS) is 18.4. The number of benzene rings is 2. The average Bonchev–Trinajstić information content (AvgIpc) is 2.72. The van der Waals surface area contributed by atoms with Gasteiger partial charge in [-0.1, -0.05) is 42.5 Å². The molecule has 0 radical (unpaired) electrons. The Bertz CT molecular complexity index is 502. The molecule has 1 unspecified atom stereocenters. The van der Waals surface area contributed by atoms with E-state index in [0.717, 1.165) is 12.8 Å². The van der Waals surface area contributed by atoms with Gasteiger partial charge >= 0.3 is 0 Å². The third-order valence-electron chi connectivity index (χ3n) is 3.38. The third kappa shape index (κ3) is 1.54.